The third-order valence-electron chi connectivity index (χ3n) is 4.03. The second-order valence-corrected chi connectivity index (χ2v) is 8.63. The minimum atomic E-state index is -3.53. The van der Waals surface area contributed by atoms with Gasteiger partial charge in [-0.3, -0.25) is 4.79 Å². The minimum Gasteiger partial charge on any atom is -0.496 e. The fraction of sp³-hybridized carbons (Fsp3) is 0.316. The van der Waals surface area contributed by atoms with Crippen LogP contribution in [-0.4, -0.2) is 39.1 Å². The lowest BCUT2D eigenvalue weighted by Crippen LogP contribution is -2.28. The average molecular weight is 396 g/mol. The Morgan fingerprint density at radius 1 is 1.15 bits per heavy atom. The van der Waals surface area contributed by atoms with E-state index in [2.05, 4.69) is 0 Å². The minimum absolute atomic E-state index is 0.0877. The van der Waals surface area contributed by atoms with Crippen molar-refractivity contribution in [3.05, 3.63) is 58.6 Å². The quantitative estimate of drug-likeness (QED) is 0.720. The average Bonchev–Trinajstić information content (AvgIpc) is 2.60. The Morgan fingerprint density at radius 2 is 1.81 bits per heavy atom. The Balaban J connectivity index is 2.01. The Hall–Kier alpha value is -2.05. The number of rotatable bonds is 7. The van der Waals surface area contributed by atoms with Gasteiger partial charge in [-0.15, -0.1) is 0 Å². The first-order valence-corrected chi connectivity index (χ1v) is 10.1. The molecule has 0 aliphatic rings. The van der Waals surface area contributed by atoms with E-state index in [9.17, 15) is 13.2 Å². The number of carbonyl (C=O) groups excluding carboxylic acids is 1. The lowest BCUT2D eigenvalue weighted by atomic mass is 10.1. The van der Waals surface area contributed by atoms with Crippen molar-refractivity contribution >= 4 is 27.3 Å². The lowest BCUT2D eigenvalue weighted by Gasteiger charge is -2.19. The molecule has 0 saturated heterocycles. The number of nitrogens with zero attached hydrogens (tertiary/aromatic N) is 1. The van der Waals surface area contributed by atoms with Crippen LogP contribution in [0.1, 0.15) is 17.5 Å². The van der Waals surface area contributed by atoms with Crippen molar-refractivity contribution in [2.75, 3.05) is 19.9 Å². The Morgan fingerprint density at radius 3 is 2.42 bits per heavy atom. The number of hydrogen-bond donors (Lipinski definition) is 0. The highest BCUT2D eigenvalue weighted by molar-refractivity contribution is 7.91. The summed E-state index contributed by atoms with van der Waals surface area (Å²) in [5.74, 6) is 0.207. The molecule has 0 bridgehead atoms. The van der Waals surface area contributed by atoms with Crippen LogP contribution in [0.5, 0.6) is 5.75 Å². The molecule has 0 radical (unpaired) electrons. The summed E-state index contributed by atoms with van der Waals surface area (Å²) in [6.07, 6.45) is -0.0877. The second-order valence-electron chi connectivity index (χ2n) is 6.09. The third kappa shape index (κ3) is 5.22. The number of sulfone groups is 1. The van der Waals surface area contributed by atoms with Gasteiger partial charge in [-0.25, -0.2) is 8.42 Å². The molecule has 0 fully saturated rings. The van der Waals surface area contributed by atoms with Gasteiger partial charge in [0.2, 0.25) is 5.91 Å². The van der Waals surface area contributed by atoms with Gasteiger partial charge in [0.25, 0.3) is 0 Å². The van der Waals surface area contributed by atoms with Crippen molar-refractivity contribution in [2.24, 2.45) is 0 Å². The second kappa shape index (κ2) is 8.56. The zero-order valence-electron chi connectivity index (χ0n) is 15.0. The molecule has 0 saturated carbocycles. The molecule has 5 nitrogen and oxygen atoms in total. The molecule has 2 rings (SSSR count). The number of aryl methyl sites for hydroxylation is 1. The maximum absolute atomic E-state index is 12.4. The predicted molar refractivity (Wildman–Crippen MR) is 102 cm³/mol. The molecule has 0 spiro atoms. The number of carbonyl (C=O) groups is 1. The summed E-state index contributed by atoms with van der Waals surface area (Å²) in [4.78, 5) is 14.0. The first-order chi connectivity index (χ1) is 12.2. The molecule has 0 aromatic heterocycles. The van der Waals surface area contributed by atoms with Crippen molar-refractivity contribution in [3.63, 3.8) is 0 Å². The van der Waals surface area contributed by atoms with Crippen LogP contribution in [0.2, 0.25) is 5.02 Å². The number of amides is 1. The summed E-state index contributed by atoms with van der Waals surface area (Å²) < 4.78 is 30.0. The highest BCUT2D eigenvalue weighted by atomic mass is 35.5. The summed E-state index contributed by atoms with van der Waals surface area (Å²) in [6.45, 7) is 2.31. The van der Waals surface area contributed by atoms with Crippen molar-refractivity contribution < 1.29 is 17.9 Å². The molecule has 1 amide bonds. The van der Waals surface area contributed by atoms with Crippen LogP contribution in [0.4, 0.5) is 0 Å². The maximum Gasteiger partial charge on any atom is 0.223 e. The topological polar surface area (TPSA) is 63.7 Å². The fourth-order valence-corrected chi connectivity index (χ4v) is 3.90. The summed E-state index contributed by atoms with van der Waals surface area (Å²) in [6, 6.07) is 11.7. The first kappa shape index (κ1) is 20.3. The Labute approximate surface area is 159 Å². The smallest absolute Gasteiger partial charge is 0.223 e. The normalized spacial score (nSPS) is 11.2. The first-order valence-electron chi connectivity index (χ1n) is 8.09. The predicted octanol–water partition coefficient (Wildman–Crippen LogP) is 3.48. The highest BCUT2D eigenvalue weighted by Crippen LogP contribution is 2.21. The van der Waals surface area contributed by atoms with Crippen molar-refractivity contribution in [1.82, 2.24) is 4.90 Å². The summed E-state index contributed by atoms with van der Waals surface area (Å²) in [5, 5.41) is 0.465. The molecule has 0 aliphatic carbocycles. The standard InChI is InChI=1S/C19H22ClNO4S/c1-14-4-9-18(25-3)15(12-14)13-21(2)19(22)10-11-26(23,24)17-7-5-16(20)6-8-17/h4-9,12H,10-11,13H2,1-3H3. The van der Waals surface area contributed by atoms with Crippen LogP contribution >= 0.6 is 11.6 Å². The summed E-state index contributed by atoms with van der Waals surface area (Å²) >= 11 is 5.78. The SMILES string of the molecule is COc1ccc(C)cc1CN(C)C(=O)CCS(=O)(=O)c1ccc(Cl)cc1. The van der Waals surface area contributed by atoms with Crippen LogP contribution in [0.25, 0.3) is 0 Å². The van der Waals surface area contributed by atoms with Gasteiger partial charge >= 0.3 is 0 Å². The van der Waals surface area contributed by atoms with Crippen LogP contribution in [0, 0.1) is 6.92 Å². The third-order valence-corrected chi connectivity index (χ3v) is 6.01. The van der Waals surface area contributed by atoms with E-state index >= 15 is 0 Å². The van der Waals surface area contributed by atoms with E-state index in [0.717, 1.165) is 11.1 Å². The molecule has 26 heavy (non-hydrogen) atoms. The molecular weight excluding hydrogens is 374 g/mol. The van der Waals surface area contributed by atoms with Gasteiger partial charge in [0, 0.05) is 30.6 Å². The van der Waals surface area contributed by atoms with Crippen molar-refractivity contribution in [2.45, 2.75) is 24.8 Å². The van der Waals surface area contributed by atoms with Gasteiger partial charge in [0.05, 0.1) is 17.8 Å². The Kier molecular flexibility index (Phi) is 6.67. The summed E-state index contributed by atoms with van der Waals surface area (Å²) in [7, 11) is -0.299. The molecule has 2 aromatic carbocycles. The molecular formula is C19H22ClNO4S. The molecule has 2 aromatic rings. The molecule has 0 aliphatic heterocycles. The number of hydrogen-bond acceptors (Lipinski definition) is 4. The van der Waals surface area contributed by atoms with Crippen LogP contribution in [0.15, 0.2) is 47.4 Å². The fourth-order valence-electron chi connectivity index (χ4n) is 2.55. The molecule has 0 heterocycles. The molecule has 140 valence electrons. The molecule has 7 heteroatoms. The van der Waals surface area contributed by atoms with Crippen LogP contribution < -0.4 is 4.74 Å². The number of halogens is 1. The Bertz CT molecular complexity index is 879. The van der Waals surface area contributed by atoms with E-state index in [1.54, 1.807) is 14.2 Å². The molecule has 0 atom stereocenters. The van der Waals surface area contributed by atoms with E-state index in [4.69, 9.17) is 16.3 Å². The summed E-state index contributed by atoms with van der Waals surface area (Å²) in [5.41, 5.74) is 1.94. The van der Waals surface area contributed by atoms with Crippen LogP contribution in [-0.2, 0) is 21.2 Å². The van der Waals surface area contributed by atoms with E-state index in [1.807, 2.05) is 25.1 Å². The van der Waals surface area contributed by atoms with Crippen LogP contribution in [0.3, 0.4) is 0 Å². The van der Waals surface area contributed by atoms with Gasteiger partial charge < -0.3 is 9.64 Å². The van der Waals surface area contributed by atoms with Crippen molar-refractivity contribution in [1.29, 1.82) is 0 Å². The molecule has 0 N–H and O–H groups in total. The zero-order chi connectivity index (χ0) is 19.3. The van der Waals surface area contributed by atoms with E-state index in [-0.39, 0.29) is 23.0 Å². The van der Waals surface area contributed by atoms with E-state index in [1.165, 1.54) is 29.2 Å². The van der Waals surface area contributed by atoms with E-state index < -0.39 is 9.84 Å². The number of ether oxygens (including phenoxy) is 1. The number of benzene rings is 2. The number of methoxy groups -OCH3 is 1. The van der Waals surface area contributed by atoms with Gasteiger partial charge in [-0.2, -0.15) is 0 Å². The highest BCUT2D eigenvalue weighted by Gasteiger charge is 2.19. The van der Waals surface area contributed by atoms with E-state index in [0.29, 0.717) is 17.3 Å². The monoisotopic (exact) mass is 395 g/mol. The largest absolute Gasteiger partial charge is 0.496 e. The van der Waals surface area contributed by atoms with Gasteiger partial charge in [-0.1, -0.05) is 29.3 Å². The van der Waals surface area contributed by atoms with Gasteiger partial charge in [-0.05, 0) is 37.3 Å². The van der Waals surface area contributed by atoms with Crippen molar-refractivity contribution in [3.8, 4) is 5.75 Å². The maximum atomic E-state index is 12.4. The zero-order valence-corrected chi connectivity index (χ0v) is 16.6. The molecule has 0 unspecified atom stereocenters. The van der Waals surface area contributed by atoms with Gasteiger partial charge in [0.1, 0.15) is 5.75 Å². The lowest BCUT2D eigenvalue weighted by molar-refractivity contribution is -0.130. The van der Waals surface area contributed by atoms with Gasteiger partial charge in [0.15, 0.2) is 9.84 Å².